The first-order valence-electron chi connectivity index (χ1n) is 3.99. The lowest BCUT2D eigenvalue weighted by Gasteiger charge is -2.06. The summed E-state index contributed by atoms with van der Waals surface area (Å²) in [4.78, 5) is 18.7. The second-order valence-electron chi connectivity index (χ2n) is 2.32. The third-order valence-corrected chi connectivity index (χ3v) is 1.24. The molecule has 0 radical (unpaired) electrons. The minimum Gasteiger partial charge on any atom is -0.395 e. The molecule has 0 unspecified atom stereocenters. The number of carbonyl (C=O) groups is 1. The van der Waals surface area contributed by atoms with Gasteiger partial charge in [-0.1, -0.05) is 0 Å². The summed E-state index contributed by atoms with van der Waals surface area (Å²) in [7, 11) is 0. The molecule has 0 saturated carbocycles. The Balaban J connectivity index is 2.27. The highest BCUT2D eigenvalue weighted by Gasteiger charge is 1.99. The zero-order chi connectivity index (χ0) is 10.2. The fraction of sp³-hybridized carbons (Fsp3) is 0.286. The first-order valence-corrected chi connectivity index (χ1v) is 3.99. The number of hydrazine groups is 1. The van der Waals surface area contributed by atoms with Gasteiger partial charge in [-0.2, -0.15) is 0 Å². The standard InChI is InChI=1S/C7H11N5O2/c13-4-3-10-12-7(14)11-6-5-8-1-2-9-6/h1-2,5,10,13H,3-4H2,(H2,9,11,12,14). The van der Waals surface area contributed by atoms with Gasteiger partial charge in [-0.25, -0.2) is 15.2 Å². The fourth-order valence-electron chi connectivity index (χ4n) is 0.710. The highest BCUT2D eigenvalue weighted by Crippen LogP contribution is 1.95. The Morgan fingerprint density at radius 2 is 2.36 bits per heavy atom. The number of urea groups is 1. The number of aliphatic hydroxyl groups excluding tert-OH is 1. The van der Waals surface area contributed by atoms with Crippen LogP contribution in [0.1, 0.15) is 0 Å². The van der Waals surface area contributed by atoms with E-state index in [0.717, 1.165) is 0 Å². The summed E-state index contributed by atoms with van der Waals surface area (Å²) < 4.78 is 0. The normalized spacial score (nSPS) is 9.50. The monoisotopic (exact) mass is 197 g/mol. The first-order chi connectivity index (χ1) is 6.83. The van der Waals surface area contributed by atoms with E-state index < -0.39 is 6.03 Å². The van der Waals surface area contributed by atoms with Gasteiger partial charge >= 0.3 is 6.03 Å². The smallest absolute Gasteiger partial charge is 0.334 e. The largest absolute Gasteiger partial charge is 0.395 e. The molecule has 14 heavy (non-hydrogen) atoms. The van der Waals surface area contributed by atoms with Crippen LogP contribution in [-0.4, -0.2) is 34.3 Å². The van der Waals surface area contributed by atoms with Gasteiger partial charge in [0.15, 0.2) is 5.82 Å². The van der Waals surface area contributed by atoms with Gasteiger partial charge < -0.3 is 5.11 Å². The van der Waals surface area contributed by atoms with Crippen LogP contribution in [0.15, 0.2) is 18.6 Å². The molecule has 4 N–H and O–H groups in total. The van der Waals surface area contributed by atoms with Crippen molar-refractivity contribution in [3.05, 3.63) is 18.6 Å². The van der Waals surface area contributed by atoms with E-state index in [9.17, 15) is 4.79 Å². The van der Waals surface area contributed by atoms with Gasteiger partial charge in [0.25, 0.3) is 0 Å². The molecule has 0 aliphatic heterocycles. The molecule has 0 aliphatic carbocycles. The number of amides is 2. The van der Waals surface area contributed by atoms with E-state index in [-0.39, 0.29) is 13.2 Å². The predicted molar refractivity (Wildman–Crippen MR) is 49.3 cm³/mol. The van der Waals surface area contributed by atoms with Crippen molar-refractivity contribution in [1.29, 1.82) is 0 Å². The molecule has 0 aliphatic rings. The molecular formula is C7H11N5O2. The maximum Gasteiger partial charge on any atom is 0.334 e. The number of aliphatic hydroxyl groups is 1. The SMILES string of the molecule is O=C(NNCCO)Nc1cnccn1. The summed E-state index contributed by atoms with van der Waals surface area (Å²) in [6.45, 7) is 0.235. The summed E-state index contributed by atoms with van der Waals surface area (Å²) in [5, 5.41) is 10.8. The van der Waals surface area contributed by atoms with Gasteiger partial charge in [0, 0.05) is 18.9 Å². The van der Waals surface area contributed by atoms with Crippen LogP contribution >= 0.6 is 0 Å². The van der Waals surface area contributed by atoms with E-state index in [1.54, 1.807) is 0 Å². The van der Waals surface area contributed by atoms with Crippen molar-refractivity contribution in [2.24, 2.45) is 0 Å². The van der Waals surface area contributed by atoms with Crippen molar-refractivity contribution in [2.45, 2.75) is 0 Å². The summed E-state index contributed by atoms with van der Waals surface area (Å²) >= 11 is 0. The van der Waals surface area contributed by atoms with E-state index in [4.69, 9.17) is 5.11 Å². The number of aromatic nitrogens is 2. The molecule has 0 spiro atoms. The third-order valence-electron chi connectivity index (χ3n) is 1.24. The lowest BCUT2D eigenvalue weighted by atomic mass is 10.6. The highest BCUT2D eigenvalue weighted by atomic mass is 16.3. The van der Waals surface area contributed by atoms with Crippen molar-refractivity contribution in [3.63, 3.8) is 0 Å². The van der Waals surface area contributed by atoms with E-state index in [1.165, 1.54) is 18.6 Å². The molecule has 0 fully saturated rings. The molecule has 1 aromatic rings. The predicted octanol–water partition coefficient (Wildman–Crippen LogP) is -0.905. The van der Waals surface area contributed by atoms with E-state index >= 15 is 0 Å². The molecular weight excluding hydrogens is 186 g/mol. The average Bonchev–Trinajstić information content (AvgIpc) is 2.20. The lowest BCUT2D eigenvalue weighted by molar-refractivity contribution is 0.243. The Hall–Kier alpha value is -1.73. The molecule has 1 aromatic heterocycles. The third kappa shape index (κ3) is 3.78. The molecule has 76 valence electrons. The molecule has 7 nitrogen and oxygen atoms in total. The number of rotatable bonds is 4. The Morgan fingerprint density at radius 1 is 1.50 bits per heavy atom. The van der Waals surface area contributed by atoms with E-state index in [1.807, 2.05) is 0 Å². The Morgan fingerprint density at radius 3 is 3.00 bits per heavy atom. The number of nitrogens with zero attached hydrogens (tertiary/aromatic N) is 2. The van der Waals surface area contributed by atoms with Crippen LogP contribution in [0.2, 0.25) is 0 Å². The number of hydrogen-bond donors (Lipinski definition) is 4. The van der Waals surface area contributed by atoms with Crippen molar-refractivity contribution in [3.8, 4) is 0 Å². The molecule has 1 rings (SSSR count). The summed E-state index contributed by atoms with van der Waals surface area (Å²) in [5.41, 5.74) is 4.80. The minimum atomic E-state index is -0.459. The van der Waals surface area contributed by atoms with Crippen LogP contribution in [0.4, 0.5) is 10.6 Å². The zero-order valence-electron chi connectivity index (χ0n) is 7.40. The van der Waals surface area contributed by atoms with Crippen molar-refractivity contribution < 1.29 is 9.90 Å². The highest BCUT2D eigenvalue weighted by molar-refractivity contribution is 5.87. The van der Waals surface area contributed by atoms with Gasteiger partial charge in [0.05, 0.1) is 12.8 Å². The van der Waals surface area contributed by atoms with Gasteiger partial charge in [-0.05, 0) is 0 Å². The second-order valence-corrected chi connectivity index (χ2v) is 2.32. The summed E-state index contributed by atoms with van der Waals surface area (Å²) in [6.07, 6.45) is 4.40. The van der Waals surface area contributed by atoms with Gasteiger partial charge in [-0.3, -0.25) is 15.7 Å². The fourth-order valence-corrected chi connectivity index (χ4v) is 0.710. The quantitative estimate of drug-likeness (QED) is 0.370. The Labute approximate surface area is 80.5 Å². The van der Waals surface area contributed by atoms with Crippen LogP contribution in [-0.2, 0) is 0 Å². The maximum absolute atomic E-state index is 11.1. The molecule has 7 heteroatoms. The maximum atomic E-state index is 11.1. The minimum absolute atomic E-state index is 0.0502. The van der Waals surface area contributed by atoms with Crippen LogP contribution in [0.3, 0.4) is 0 Å². The van der Waals surface area contributed by atoms with Crippen LogP contribution in [0.25, 0.3) is 0 Å². The van der Waals surface area contributed by atoms with Gasteiger partial charge in [-0.15, -0.1) is 0 Å². The molecule has 0 saturated heterocycles. The van der Waals surface area contributed by atoms with Crippen molar-refractivity contribution in [1.82, 2.24) is 20.8 Å². The first kappa shape index (κ1) is 10.4. The number of hydrogen-bond acceptors (Lipinski definition) is 5. The lowest BCUT2D eigenvalue weighted by Crippen LogP contribution is -2.41. The van der Waals surface area contributed by atoms with Crippen LogP contribution < -0.4 is 16.2 Å². The van der Waals surface area contributed by atoms with Crippen LogP contribution in [0, 0.1) is 0 Å². The number of carbonyl (C=O) groups excluding carboxylic acids is 1. The van der Waals surface area contributed by atoms with E-state index in [2.05, 4.69) is 26.1 Å². The summed E-state index contributed by atoms with van der Waals surface area (Å²) in [6, 6.07) is -0.459. The van der Waals surface area contributed by atoms with Crippen molar-refractivity contribution in [2.75, 3.05) is 18.5 Å². The molecule has 0 atom stereocenters. The molecule has 0 bridgehead atoms. The Bertz CT molecular complexity index is 279. The molecule has 1 heterocycles. The zero-order valence-corrected chi connectivity index (χ0v) is 7.40. The average molecular weight is 197 g/mol. The van der Waals surface area contributed by atoms with Gasteiger partial charge in [0.1, 0.15) is 0 Å². The molecule has 2 amide bonds. The summed E-state index contributed by atoms with van der Waals surface area (Å²) in [5.74, 6) is 0.357. The molecule has 0 aromatic carbocycles. The topological polar surface area (TPSA) is 99.2 Å². The second kappa shape index (κ2) is 5.84. The van der Waals surface area contributed by atoms with Gasteiger partial charge in [0.2, 0.25) is 0 Å². The number of anilines is 1. The Kier molecular flexibility index (Phi) is 4.32. The van der Waals surface area contributed by atoms with Crippen molar-refractivity contribution >= 4 is 11.8 Å². The van der Waals surface area contributed by atoms with E-state index in [0.29, 0.717) is 5.82 Å². The van der Waals surface area contributed by atoms with Crippen LogP contribution in [0.5, 0.6) is 0 Å². The number of nitrogens with one attached hydrogen (secondary N) is 3.